The second-order valence-electron chi connectivity index (χ2n) is 5.37. The van der Waals surface area contributed by atoms with E-state index in [1.165, 1.54) is 17.9 Å². The smallest absolute Gasteiger partial charge is 0.341 e. The van der Waals surface area contributed by atoms with E-state index in [0.29, 0.717) is 16.8 Å². The van der Waals surface area contributed by atoms with E-state index in [1.807, 2.05) is 0 Å². The van der Waals surface area contributed by atoms with Gasteiger partial charge in [0.25, 0.3) is 5.91 Å². The van der Waals surface area contributed by atoms with Gasteiger partial charge in [-0.2, -0.15) is 0 Å². The van der Waals surface area contributed by atoms with Crippen LogP contribution in [-0.4, -0.2) is 28.0 Å². The maximum atomic E-state index is 12.2. The number of furan rings is 1. The lowest BCUT2D eigenvalue weighted by molar-refractivity contribution is 0.0697. The number of amides is 1. The molecule has 1 atom stereocenters. The van der Waals surface area contributed by atoms with Gasteiger partial charge in [0, 0.05) is 12.1 Å². The van der Waals surface area contributed by atoms with Gasteiger partial charge in [0.1, 0.15) is 17.5 Å². The SMILES string of the molecule is CC1=CCC(NC(=O)c2cc3occ(C(=O)O)c3[nH]2)CC1. The van der Waals surface area contributed by atoms with Gasteiger partial charge in [-0.25, -0.2) is 4.79 Å². The number of fused-ring (bicyclic) bond motifs is 1. The molecule has 0 aromatic carbocycles. The lowest BCUT2D eigenvalue weighted by Gasteiger charge is -2.21. The van der Waals surface area contributed by atoms with E-state index < -0.39 is 5.97 Å². The highest BCUT2D eigenvalue weighted by molar-refractivity contribution is 6.04. The number of rotatable bonds is 3. The number of aromatic amines is 1. The summed E-state index contributed by atoms with van der Waals surface area (Å²) in [6, 6.07) is 1.65. The van der Waals surface area contributed by atoms with Gasteiger partial charge in [0.2, 0.25) is 0 Å². The molecule has 0 spiro atoms. The summed E-state index contributed by atoms with van der Waals surface area (Å²) >= 11 is 0. The molecule has 0 aliphatic heterocycles. The largest absolute Gasteiger partial charge is 0.477 e. The van der Waals surface area contributed by atoms with Crippen molar-refractivity contribution in [2.24, 2.45) is 0 Å². The summed E-state index contributed by atoms with van der Waals surface area (Å²) in [5.41, 5.74) is 2.41. The first-order valence-corrected chi connectivity index (χ1v) is 6.84. The summed E-state index contributed by atoms with van der Waals surface area (Å²) in [5, 5.41) is 12.0. The molecule has 2 aromatic rings. The average Bonchev–Trinajstić information content (AvgIpc) is 3.00. The number of aromatic carboxylic acids is 1. The second-order valence-corrected chi connectivity index (χ2v) is 5.37. The first-order valence-electron chi connectivity index (χ1n) is 6.84. The van der Waals surface area contributed by atoms with Gasteiger partial charge in [-0.3, -0.25) is 4.79 Å². The van der Waals surface area contributed by atoms with Crippen LogP contribution in [0.1, 0.15) is 47.0 Å². The number of carbonyl (C=O) groups excluding carboxylic acids is 1. The average molecular weight is 288 g/mol. The van der Waals surface area contributed by atoms with Crippen molar-refractivity contribution in [3.8, 4) is 0 Å². The van der Waals surface area contributed by atoms with Crippen molar-refractivity contribution >= 4 is 23.0 Å². The molecule has 6 heteroatoms. The molecule has 3 rings (SSSR count). The predicted octanol–water partition coefficient (Wildman–Crippen LogP) is 2.69. The van der Waals surface area contributed by atoms with Gasteiger partial charge in [-0.15, -0.1) is 0 Å². The van der Waals surface area contributed by atoms with Crippen LogP contribution < -0.4 is 5.32 Å². The van der Waals surface area contributed by atoms with E-state index in [2.05, 4.69) is 23.3 Å². The number of carboxylic acid groups (broad SMARTS) is 1. The number of carboxylic acids is 1. The third-order valence-electron chi connectivity index (χ3n) is 3.80. The first-order chi connectivity index (χ1) is 10.0. The summed E-state index contributed by atoms with van der Waals surface area (Å²) in [6.07, 6.45) is 6.04. The highest BCUT2D eigenvalue weighted by Crippen LogP contribution is 2.22. The number of hydrogen-bond acceptors (Lipinski definition) is 3. The van der Waals surface area contributed by atoms with Gasteiger partial charge in [0.15, 0.2) is 5.58 Å². The minimum absolute atomic E-state index is 0.0280. The molecular formula is C15H16N2O4. The van der Waals surface area contributed by atoms with Crippen LogP contribution in [-0.2, 0) is 0 Å². The van der Waals surface area contributed by atoms with E-state index >= 15 is 0 Å². The Morgan fingerprint density at radius 3 is 2.95 bits per heavy atom. The van der Waals surface area contributed by atoms with Crippen LogP contribution in [0.25, 0.3) is 11.1 Å². The number of allylic oxidation sites excluding steroid dienone is 1. The molecule has 0 radical (unpaired) electrons. The zero-order valence-corrected chi connectivity index (χ0v) is 11.6. The standard InChI is InChI=1S/C15H16N2O4/c1-8-2-4-9(5-3-8)16-14(18)11-6-12-13(17-11)10(7-21-12)15(19)20/h2,6-7,9,17H,3-5H2,1H3,(H,16,18)(H,19,20). The molecule has 21 heavy (non-hydrogen) atoms. The Morgan fingerprint density at radius 2 is 2.29 bits per heavy atom. The number of aromatic nitrogens is 1. The van der Waals surface area contributed by atoms with Gasteiger partial charge >= 0.3 is 5.97 Å². The molecule has 0 saturated heterocycles. The molecule has 1 aliphatic carbocycles. The number of H-pyrrole nitrogens is 1. The third-order valence-corrected chi connectivity index (χ3v) is 3.80. The Hall–Kier alpha value is -2.50. The van der Waals surface area contributed by atoms with Crippen molar-refractivity contribution in [2.45, 2.75) is 32.2 Å². The van der Waals surface area contributed by atoms with Crippen molar-refractivity contribution in [1.29, 1.82) is 0 Å². The number of carbonyl (C=O) groups is 2. The van der Waals surface area contributed by atoms with Crippen molar-refractivity contribution < 1.29 is 19.1 Å². The van der Waals surface area contributed by atoms with E-state index in [9.17, 15) is 9.59 Å². The van der Waals surface area contributed by atoms with Crippen LogP contribution in [0.15, 0.2) is 28.4 Å². The quantitative estimate of drug-likeness (QED) is 0.757. The Labute approximate surface area is 120 Å². The normalized spacial score (nSPS) is 18.5. The lowest BCUT2D eigenvalue weighted by Crippen LogP contribution is -2.35. The molecule has 1 aliphatic rings. The zero-order valence-electron chi connectivity index (χ0n) is 11.6. The van der Waals surface area contributed by atoms with Crippen LogP contribution in [0.4, 0.5) is 0 Å². The van der Waals surface area contributed by atoms with E-state index in [0.717, 1.165) is 19.3 Å². The zero-order chi connectivity index (χ0) is 15.0. The lowest BCUT2D eigenvalue weighted by atomic mass is 9.96. The van der Waals surface area contributed by atoms with Crippen molar-refractivity contribution in [1.82, 2.24) is 10.3 Å². The topological polar surface area (TPSA) is 95.3 Å². The molecule has 0 fully saturated rings. The summed E-state index contributed by atoms with van der Waals surface area (Å²) in [7, 11) is 0. The van der Waals surface area contributed by atoms with E-state index in [1.54, 1.807) is 0 Å². The van der Waals surface area contributed by atoms with Crippen LogP contribution in [0, 0.1) is 0 Å². The molecule has 0 saturated carbocycles. The minimum Gasteiger partial charge on any atom is -0.477 e. The molecule has 110 valence electrons. The maximum Gasteiger partial charge on any atom is 0.341 e. The molecule has 6 nitrogen and oxygen atoms in total. The Balaban J connectivity index is 1.77. The minimum atomic E-state index is -1.09. The second kappa shape index (κ2) is 5.12. The molecule has 3 N–H and O–H groups in total. The van der Waals surface area contributed by atoms with Crippen molar-refractivity contribution in [2.75, 3.05) is 0 Å². The van der Waals surface area contributed by atoms with Crippen LogP contribution in [0.3, 0.4) is 0 Å². The fraction of sp³-hybridized carbons (Fsp3) is 0.333. The fourth-order valence-electron chi connectivity index (χ4n) is 2.55. The number of nitrogens with one attached hydrogen (secondary N) is 2. The molecule has 1 unspecified atom stereocenters. The van der Waals surface area contributed by atoms with Crippen molar-refractivity contribution in [3.05, 3.63) is 35.2 Å². The predicted molar refractivity (Wildman–Crippen MR) is 76.4 cm³/mol. The summed E-state index contributed by atoms with van der Waals surface area (Å²) in [6.45, 7) is 2.09. The summed E-state index contributed by atoms with van der Waals surface area (Å²) in [4.78, 5) is 26.0. The van der Waals surface area contributed by atoms with Crippen molar-refractivity contribution in [3.63, 3.8) is 0 Å². The van der Waals surface area contributed by atoms with Gasteiger partial charge in [-0.1, -0.05) is 11.6 Å². The Morgan fingerprint density at radius 1 is 1.48 bits per heavy atom. The van der Waals surface area contributed by atoms with Crippen LogP contribution in [0.2, 0.25) is 0 Å². The van der Waals surface area contributed by atoms with Gasteiger partial charge in [-0.05, 0) is 26.2 Å². The Kier molecular flexibility index (Phi) is 3.29. The number of hydrogen-bond donors (Lipinski definition) is 3. The summed E-state index contributed by atoms with van der Waals surface area (Å²) < 4.78 is 5.14. The third kappa shape index (κ3) is 2.56. The monoisotopic (exact) mass is 288 g/mol. The van der Waals surface area contributed by atoms with Crippen LogP contribution in [0.5, 0.6) is 0 Å². The van der Waals surface area contributed by atoms with E-state index in [-0.39, 0.29) is 17.5 Å². The molecule has 0 bridgehead atoms. The molecule has 2 aromatic heterocycles. The summed E-state index contributed by atoms with van der Waals surface area (Å²) in [5.74, 6) is -1.33. The molecule has 1 amide bonds. The fourth-order valence-corrected chi connectivity index (χ4v) is 2.55. The highest BCUT2D eigenvalue weighted by Gasteiger charge is 2.20. The molecule has 2 heterocycles. The molecular weight excluding hydrogens is 272 g/mol. The van der Waals surface area contributed by atoms with Gasteiger partial charge < -0.3 is 19.8 Å². The van der Waals surface area contributed by atoms with E-state index in [4.69, 9.17) is 9.52 Å². The highest BCUT2D eigenvalue weighted by atomic mass is 16.4. The van der Waals surface area contributed by atoms with Crippen LogP contribution >= 0.6 is 0 Å². The first kappa shape index (κ1) is 13.5. The van der Waals surface area contributed by atoms with Gasteiger partial charge in [0.05, 0.1) is 5.52 Å². The Bertz CT molecular complexity index is 738. The maximum absolute atomic E-state index is 12.2.